The summed E-state index contributed by atoms with van der Waals surface area (Å²) in [4.78, 5) is 31.3. The Labute approximate surface area is 238 Å². The maximum Gasteiger partial charge on any atom is 0.368 e. The first kappa shape index (κ1) is 29.2. The van der Waals surface area contributed by atoms with Crippen molar-refractivity contribution in [3.8, 4) is 0 Å². The van der Waals surface area contributed by atoms with Gasteiger partial charge in [0.2, 0.25) is 0 Å². The lowest BCUT2D eigenvalue weighted by atomic mass is 10.0. The molecule has 0 saturated heterocycles. The van der Waals surface area contributed by atoms with Crippen LogP contribution in [0.3, 0.4) is 0 Å². The number of hydrogen-bond donors (Lipinski definition) is 1. The van der Waals surface area contributed by atoms with Gasteiger partial charge in [-0.2, -0.15) is 0 Å². The van der Waals surface area contributed by atoms with E-state index >= 15 is 0 Å². The van der Waals surface area contributed by atoms with E-state index in [0.29, 0.717) is 11.3 Å². The number of nitrogens with one attached hydrogen (secondary N) is 1. The smallest absolute Gasteiger partial charge is 0.368 e. The molecule has 0 aromatic heterocycles. The normalized spacial score (nSPS) is 14.2. The molecule has 212 valence electrons. The zero-order chi connectivity index (χ0) is 29.4. The van der Waals surface area contributed by atoms with Crippen molar-refractivity contribution in [3.63, 3.8) is 0 Å². The number of benzene rings is 3. The lowest BCUT2D eigenvalue weighted by Gasteiger charge is -2.11. The van der Waals surface area contributed by atoms with Gasteiger partial charge in [-0.25, -0.2) is 18.0 Å². The van der Waals surface area contributed by atoms with Crippen molar-refractivity contribution in [2.45, 2.75) is 4.90 Å². The number of carbonyl (C=O) groups is 2. The van der Waals surface area contributed by atoms with Gasteiger partial charge in [-0.05, 0) is 54.1 Å². The van der Waals surface area contributed by atoms with Crippen molar-refractivity contribution in [2.75, 3.05) is 44.0 Å². The third-order valence-corrected chi connectivity index (χ3v) is 7.35. The zero-order valence-corrected chi connectivity index (χ0v) is 23.6. The lowest BCUT2D eigenvalue weighted by molar-refractivity contribution is -0.136. The highest BCUT2D eigenvalue weighted by molar-refractivity contribution is 7.92. The second-order valence-corrected chi connectivity index (χ2v) is 10.8. The summed E-state index contributed by atoms with van der Waals surface area (Å²) < 4.78 is 38.3. The molecule has 0 saturated carbocycles. The van der Waals surface area contributed by atoms with Crippen LogP contribution in [0.15, 0.2) is 101 Å². The molecule has 0 unspecified atom stereocenters. The van der Waals surface area contributed by atoms with Gasteiger partial charge >= 0.3 is 11.9 Å². The molecule has 1 N–H and O–H groups in total. The first-order chi connectivity index (χ1) is 19.7. The van der Waals surface area contributed by atoms with Crippen molar-refractivity contribution in [1.82, 2.24) is 0 Å². The molecule has 1 aliphatic rings. The molecule has 3 aromatic carbocycles. The second kappa shape index (κ2) is 13.1. The molecule has 3 aromatic rings. The standard InChI is InChI=1S/C30H29N3O7S/c1-33(2)25-16-10-21(11-17-25)6-4-9-27-28(31-40-30(27)35)22-12-14-24(15-13-22)32-41(36,37)26-8-5-7-23(20-26)29(34)39-19-18-38-3/h4-17,20,32H,18-19H2,1-3H3/b6-4+,27-9?. The van der Waals surface area contributed by atoms with Crippen molar-refractivity contribution in [1.29, 1.82) is 0 Å². The zero-order valence-electron chi connectivity index (χ0n) is 22.7. The Hall–Kier alpha value is -4.74. The number of oxime groups is 1. The fourth-order valence-corrected chi connectivity index (χ4v) is 4.88. The van der Waals surface area contributed by atoms with E-state index in [9.17, 15) is 18.0 Å². The number of carbonyl (C=O) groups excluding carboxylic acids is 2. The molecule has 0 aliphatic carbocycles. The van der Waals surface area contributed by atoms with E-state index in [1.54, 1.807) is 36.4 Å². The monoisotopic (exact) mass is 575 g/mol. The SMILES string of the molecule is COCCOC(=O)c1cccc(S(=O)(=O)Nc2ccc(C3=NOC(=O)C3=C/C=C/c3ccc(N(C)C)cc3)cc2)c1. The molecule has 0 spiro atoms. The fourth-order valence-electron chi connectivity index (χ4n) is 3.78. The molecule has 0 radical (unpaired) electrons. The summed E-state index contributed by atoms with van der Waals surface area (Å²) in [5, 5.41) is 3.90. The van der Waals surface area contributed by atoms with Crippen LogP contribution in [0.1, 0.15) is 21.5 Å². The van der Waals surface area contributed by atoms with Crippen LogP contribution < -0.4 is 9.62 Å². The Bertz CT molecular complexity index is 1610. The minimum atomic E-state index is -4.01. The highest BCUT2D eigenvalue weighted by Gasteiger charge is 2.26. The van der Waals surface area contributed by atoms with Gasteiger partial charge in [0.1, 0.15) is 12.3 Å². The Morgan fingerprint density at radius 2 is 1.76 bits per heavy atom. The number of allylic oxidation sites excluding steroid dienone is 2. The number of anilines is 2. The number of ether oxygens (including phenoxy) is 2. The van der Waals surface area contributed by atoms with Gasteiger partial charge in [-0.3, -0.25) is 4.72 Å². The van der Waals surface area contributed by atoms with Crippen molar-refractivity contribution in [3.05, 3.63) is 107 Å². The Morgan fingerprint density at radius 1 is 1.02 bits per heavy atom. The summed E-state index contributed by atoms with van der Waals surface area (Å²) >= 11 is 0. The molecule has 1 aliphatic heterocycles. The third-order valence-electron chi connectivity index (χ3n) is 5.97. The van der Waals surface area contributed by atoms with E-state index in [4.69, 9.17) is 14.3 Å². The van der Waals surface area contributed by atoms with Crippen LogP contribution in [0.25, 0.3) is 6.08 Å². The van der Waals surface area contributed by atoms with Crippen LogP contribution in [0.5, 0.6) is 0 Å². The quantitative estimate of drug-likeness (QED) is 0.156. The first-order valence-electron chi connectivity index (χ1n) is 12.5. The van der Waals surface area contributed by atoms with Crippen LogP contribution >= 0.6 is 0 Å². The van der Waals surface area contributed by atoms with Crippen molar-refractivity contribution in [2.24, 2.45) is 5.16 Å². The number of esters is 1. The summed E-state index contributed by atoms with van der Waals surface area (Å²) in [6.45, 7) is 0.282. The molecule has 1 heterocycles. The number of hydrogen-bond acceptors (Lipinski definition) is 9. The second-order valence-electron chi connectivity index (χ2n) is 9.08. The number of sulfonamides is 1. The predicted molar refractivity (Wildman–Crippen MR) is 156 cm³/mol. The highest BCUT2D eigenvalue weighted by Crippen LogP contribution is 2.22. The van der Waals surface area contributed by atoms with E-state index in [-0.39, 0.29) is 34.9 Å². The van der Waals surface area contributed by atoms with Gasteiger partial charge < -0.3 is 19.2 Å². The van der Waals surface area contributed by atoms with Gasteiger partial charge in [0.05, 0.1) is 22.6 Å². The number of rotatable bonds is 11. The summed E-state index contributed by atoms with van der Waals surface area (Å²) in [5.41, 5.74) is 3.58. The Balaban J connectivity index is 1.45. The summed E-state index contributed by atoms with van der Waals surface area (Å²) in [6.07, 6.45) is 5.23. The Morgan fingerprint density at radius 3 is 2.44 bits per heavy atom. The average Bonchev–Trinajstić information content (AvgIpc) is 3.33. The number of nitrogens with zero attached hydrogens (tertiary/aromatic N) is 2. The van der Waals surface area contributed by atoms with E-state index in [1.165, 1.54) is 31.4 Å². The maximum atomic E-state index is 13.0. The van der Waals surface area contributed by atoms with Gasteiger partial charge in [-0.15, -0.1) is 0 Å². The van der Waals surface area contributed by atoms with Crippen LogP contribution in [-0.2, 0) is 29.1 Å². The van der Waals surface area contributed by atoms with E-state index < -0.39 is 22.0 Å². The minimum Gasteiger partial charge on any atom is -0.460 e. The van der Waals surface area contributed by atoms with Gasteiger partial charge in [0.15, 0.2) is 0 Å². The molecule has 0 fully saturated rings. The summed E-state index contributed by atoms with van der Waals surface area (Å²) in [7, 11) is 1.41. The lowest BCUT2D eigenvalue weighted by Crippen LogP contribution is -2.15. The van der Waals surface area contributed by atoms with Gasteiger partial charge in [0.25, 0.3) is 10.0 Å². The minimum absolute atomic E-state index is 0.0525. The maximum absolute atomic E-state index is 13.0. The largest absolute Gasteiger partial charge is 0.460 e. The molecule has 11 heteroatoms. The van der Waals surface area contributed by atoms with E-state index in [2.05, 4.69) is 9.88 Å². The topological polar surface area (TPSA) is 124 Å². The highest BCUT2D eigenvalue weighted by atomic mass is 32.2. The van der Waals surface area contributed by atoms with Crippen LogP contribution in [0, 0.1) is 0 Å². The van der Waals surface area contributed by atoms with Crippen LogP contribution in [0.2, 0.25) is 0 Å². The fraction of sp³-hybridized carbons (Fsp3) is 0.167. The predicted octanol–water partition coefficient (Wildman–Crippen LogP) is 4.26. The molecule has 10 nitrogen and oxygen atoms in total. The van der Waals surface area contributed by atoms with Crippen LogP contribution in [-0.4, -0.2) is 60.5 Å². The molecular formula is C30H29N3O7S. The average molecular weight is 576 g/mol. The summed E-state index contributed by atoms with van der Waals surface area (Å²) in [5.74, 6) is -1.24. The first-order valence-corrected chi connectivity index (χ1v) is 14.0. The molecule has 0 atom stereocenters. The Kier molecular flexibility index (Phi) is 9.33. The van der Waals surface area contributed by atoms with Crippen LogP contribution in [0.4, 0.5) is 11.4 Å². The van der Waals surface area contributed by atoms with Crippen molar-refractivity contribution < 1.29 is 32.3 Å². The van der Waals surface area contributed by atoms with Gasteiger partial charge in [-0.1, -0.05) is 47.6 Å². The summed E-state index contributed by atoms with van der Waals surface area (Å²) in [6, 6.07) is 19.8. The third kappa shape index (κ3) is 7.47. The molecule has 4 rings (SSSR count). The molecule has 0 amide bonds. The number of methoxy groups -OCH3 is 1. The molecular weight excluding hydrogens is 546 g/mol. The van der Waals surface area contributed by atoms with Gasteiger partial charge in [0, 0.05) is 38.1 Å². The van der Waals surface area contributed by atoms with Crippen molar-refractivity contribution >= 4 is 45.1 Å². The molecule has 41 heavy (non-hydrogen) atoms. The van der Waals surface area contributed by atoms with E-state index in [0.717, 1.165) is 11.3 Å². The molecule has 0 bridgehead atoms. The van der Waals surface area contributed by atoms with E-state index in [1.807, 2.05) is 49.3 Å².